The van der Waals surface area contributed by atoms with Crippen molar-refractivity contribution in [3.63, 3.8) is 0 Å². The summed E-state index contributed by atoms with van der Waals surface area (Å²) in [7, 11) is 6.82. The molecule has 0 aromatic heterocycles. The van der Waals surface area contributed by atoms with Crippen LogP contribution < -0.4 is 5.73 Å². The average Bonchev–Trinajstić information content (AvgIpc) is 2.04. The third-order valence-corrected chi connectivity index (χ3v) is 1.11. The lowest BCUT2D eigenvalue weighted by molar-refractivity contribution is 0.197. The molecule has 0 aliphatic rings. The van der Waals surface area contributed by atoms with Crippen molar-refractivity contribution in [1.82, 2.24) is 0 Å². The Morgan fingerprint density at radius 3 is 2.09 bits per heavy atom. The molecule has 0 rings (SSSR count). The van der Waals surface area contributed by atoms with Crippen LogP contribution in [0.5, 0.6) is 0 Å². The zero-order valence-electron chi connectivity index (χ0n) is 7.81. The molecule has 11 heavy (non-hydrogen) atoms. The lowest BCUT2D eigenvalue weighted by Crippen LogP contribution is -2.01. The smallest absolute Gasteiger partial charge is 0.0652 e. The fourth-order valence-corrected chi connectivity index (χ4v) is 0.432. The first-order valence-corrected chi connectivity index (χ1v) is 4.22. The van der Waals surface area contributed by atoms with E-state index in [2.05, 4.69) is 6.92 Å². The van der Waals surface area contributed by atoms with Gasteiger partial charge in [0.05, 0.1) is 7.85 Å². The molecule has 3 heteroatoms. The maximum absolute atomic E-state index is 5.14. The molecule has 66 valence electrons. The summed E-state index contributed by atoms with van der Waals surface area (Å²) < 4.78 is 4.70. The van der Waals surface area contributed by atoms with Crippen LogP contribution in [0.1, 0.15) is 26.2 Å². The van der Waals surface area contributed by atoms with E-state index >= 15 is 0 Å². The van der Waals surface area contributed by atoms with Crippen LogP contribution in [-0.2, 0) is 4.74 Å². The van der Waals surface area contributed by atoms with Crippen molar-refractivity contribution in [3.05, 3.63) is 0 Å². The van der Waals surface area contributed by atoms with E-state index in [-0.39, 0.29) is 0 Å². The van der Waals surface area contributed by atoms with Crippen LogP contribution in [0.25, 0.3) is 0 Å². The number of methoxy groups -OCH3 is 1. The fourth-order valence-electron chi connectivity index (χ4n) is 0.432. The van der Waals surface area contributed by atoms with Gasteiger partial charge in [-0.2, -0.15) is 0 Å². The van der Waals surface area contributed by atoms with Crippen LogP contribution >= 0.6 is 0 Å². The molecule has 2 radical (unpaired) electrons. The SMILES string of the molecule is COCCCN.[B]CCCC. The van der Waals surface area contributed by atoms with E-state index in [4.69, 9.17) is 18.3 Å². The van der Waals surface area contributed by atoms with Crippen LogP contribution in [0.4, 0.5) is 0 Å². The Bertz CT molecular complexity index is 47.4. The quantitative estimate of drug-likeness (QED) is 0.483. The molecule has 0 heterocycles. The van der Waals surface area contributed by atoms with E-state index in [1.54, 1.807) is 7.11 Å². The van der Waals surface area contributed by atoms with Gasteiger partial charge in [0, 0.05) is 13.7 Å². The van der Waals surface area contributed by atoms with E-state index in [1.165, 1.54) is 12.8 Å². The number of unbranched alkanes of at least 4 members (excludes halogenated alkanes) is 1. The minimum Gasteiger partial charge on any atom is -0.385 e. The fraction of sp³-hybridized carbons (Fsp3) is 1.00. The van der Waals surface area contributed by atoms with Gasteiger partial charge in [-0.1, -0.05) is 26.1 Å². The summed E-state index contributed by atoms with van der Waals surface area (Å²) in [6, 6.07) is 0. The normalized spacial score (nSPS) is 8.64. The molecule has 0 aromatic rings. The van der Waals surface area contributed by atoms with E-state index < -0.39 is 0 Å². The van der Waals surface area contributed by atoms with E-state index in [0.29, 0.717) is 0 Å². The van der Waals surface area contributed by atoms with Crippen molar-refractivity contribution < 1.29 is 4.74 Å². The van der Waals surface area contributed by atoms with Crippen LogP contribution in [0.15, 0.2) is 0 Å². The average molecular weight is 157 g/mol. The molecule has 2 N–H and O–H groups in total. The zero-order chi connectivity index (χ0) is 8.95. The summed E-state index contributed by atoms with van der Waals surface area (Å²) in [4.78, 5) is 0. The van der Waals surface area contributed by atoms with Crippen LogP contribution in [0, 0.1) is 0 Å². The molecular weight excluding hydrogens is 137 g/mol. The summed E-state index contributed by atoms with van der Waals surface area (Å²) in [6.45, 7) is 3.65. The maximum atomic E-state index is 5.14. The molecule has 0 atom stereocenters. The molecule has 0 aromatic carbocycles. The molecule has 0 aliphatic carbocycles. The maximum Gasteiger partial charge on any atom is 0.0652 e. The van der Waals surface area contributed by atoms with Gasteiger partial charge < -0.3 is 10.5 Å². The first kappa shape index (κ1) is 13.6. The standard InChI is InChI=1S/C4H9B.C4H11NO/c1-2-3-4-5;1-6-4-2-3-5/h2-4H2,1H3;2-5H2,1H3. The Kier molecular flexibility index (Phi) is 20.4. The number of hydrogen-bond donors (Lipinski definition) is 1. The number of nitrogens with two attached hydrogens (primary N) is 1. The van der Waals surface area contributed by atoms with E-state index in [1.807, 2.05) is 0 Å². The second-order valence-electron chi connectivity index (χ2n) is 2.28. The summed E-state index contributed by atoms with van der Waals surface area (Å²) in [5.74, 6) is 0. The molecular formula is C8H20BNO. The predicted octanol–water partition coefficient (Wildman–Crippen LogP) is 1.35. The Morgan fingerprint density at radius 2 is 2.00 bits per heavy atom. The van der Waals surface area contributed by atoms with Gasteiger partial charge >= 0.3 is 0 Å². The monoisotopic (exact) mass is 157 g/mol. The first-order chi connectivity index (χ1) is 5.33. The van der Waals surface area contributed by atoms with Crippen LogP contribution in [-0.4, -0.2) is 28.1 Å². The van der Waals surface area contributed by atoms with E-state index in [0.717, 1.165) is 25.9 Å². The molecule has 0 fully saturated rings. The zero-order valence-corrected chi connectivity index (χ0v) is 7.81. The minimum absolute atomic E-state index is 0.730. The molecule has 0 saturated carbocycles. The highest BCUT2D eigenvalue weighted by Gasteiger charge is 1.74. The van der Waals surface area contributed by atoms with Crippen molar-refractivity contribution in [2.24, 2.45) is 5.73 Å². The third kappa shape index (κ3) is 25.6. The number of rotatable bonds is 5. The number of ether oxygens (including phenoxy) is 1. The molecule has 2 nitrogen and oxygen atoms in total. The highest BCUT2D eigenvalue weighted by molar-refractivity contribution is 6.08. The summed E-state index contributed by atoms with van der Waals surface area (Å²) in [6.07, 6.45) is 4.20. The van der Waals surface area contributed by atoms with Crippen LogP contribution in [0.2, 0.25) is 6.32 Å². The van der Waals surface area contributed by atoms with Crippen LogP contribution in [0.3, 0.4) is 0 Å². The third-order valence-electron chi connectivity index (χ3n) is 1.11. The molecule has 0 spiro atoms. The second kappa shape index (κ2) is 16.5. The summed E-state index contributed by atoms with van der Waals surface area (Å²) in [5.41, 5.74) is 5.13. The first-order valence-electron chi connectivity index (χ1n) is 4.22. The highest BCUT2D eigenvalue weighted by Crippen LogP contribution is 1.86. The Morgan fingerprint density at radius 1 is 1.36 bits per heavy atom. The highest BCUT2D eigenvalue weighted by atomic mass is 16.5. The molecule has 0 unspecified atom stereocenters. The summed E-state index contributed by atoms with van der Waals surface area (Å²) >= 11 is 0. The van der Waals surface area contributed by atoms with Gasteiger partial charge in [0.25, 0.3) is 0 Å². The molecule has 0 aliphatic heterocycles. The van der Waals surface area contributed by atoms with Gasteiger partial charge in [-0.15, -0.1) is 0 Å². The molecule has 0 amide bonds. The van der Waals surface area contributed by atoms with Gasteiger partial charge in [0.1, 0.15) is 0 Å². The van der Waals surface area contributed by atoms with Crippen molar-refractivity contribution in [2.75, 3.05) is 20.3 Å². The van der Waals surface area contributed by atoms with E-state index in [9.17, 15) is 0 Å². The van der Waals surface area contributed by atoms with Gasteiger partial charge in [-0.05, 0) is 13.0 Å². The van der Waals surface area contributed by atoms with Gasteiger partial charge in [0.2, 0.25) is 0 Å². The predicted molar refractivity (Wildman–Crippen MR) is 51.0 cm³/mol. The van der Waals surface area contributed by atoms with Crippen molar-refractivity contribution >= 4 is 7.85 Å². The summed E-state index contributed by atoms with van der Waals surface area (Å²) in [5, 5.41) is 0. The van der Waals surface area contributed by atoms with Gasteiger partial charge in [-0.3, -0.25) is 0 Å². The Balaban J connectivity index is 0. The molecule has 0 saturated heterocycles. The molecule has 0 bridgehead atoms. The number of hydrogen-bond acceptors (Lipinski definition) is 2. The van der Waals surface area contributed by atoms with Crippen molar-refractivity contribution in [1.29, 1.82) is 0 Å². The Labute approximate surface area is 71.9 Å². The van der Waals surface area contributed by atoms with Crippen molar-refractivity contribution in [2.45, 2.75) is 32.5 Å². The lowest BCUT2D eigenvalue weighted by atomic mass is 10.0. The lowest BCUT2D eigenvalue weighted by Gasteiger charge is -1.89. The van der Waals surface area contributed by atoms with Gasteiger partial charge in [0.15, 0.2) is 0 Å². The second-order valence-corrected chi connectivity index (χ2v) is 2.28. The minimum atomic E-state index is 0.730. The van der Waals surface area contributed by atoms with Crippen molar-refractivity contribution in [3.8, 4) is 0 Å². The van der Waals surface area contributed by atoms with Gasteiger partial charge in [-0.25, -0.2) is 0 Å². The topological polar surface area (TPSA) is 35.2 Å². The largest absolute Gasteiger partial charge is 0.385 e. The Hall–Kier alpha value is -0.0151.